The van der Waals surface area contributed by atoms with Gasteiger partial charge in [0.05, 0.1) is 15.1 Å². The number of hydrogen-bond acceptors (Lipinski definition) is 0. The van der Waals surface area contributed by atoms with Gasteiger partial charge in [0.1, 0.15) is 10.9 Å². The average molecular weight is 615 g/mol. The normalized spacial score (nSPS) is 13.8. The minimum atomic E-state index is -10.7. The summed E-state index contributed by atoms with van der Waals surface area (Å²) in [5.41, 5.74) is 0. The van der Waals surface area contributed by atoms with Crippen LogP contribution in [0.1, 0.15) is 0 Å². The Hall–Kier alpha value is -0.240. The molecule has 3 aromatic rings. The molecule has 0 aromatic heterocycles. The van der Waals surface area contributed by atoms with E-state index in [2.05, 4.69) is 0 Å². The van der Waals surface area contributed by atoms with Crippen molar-refractivity contribution in [3.8, 4) is 0 Å². The summed E-state index contributed by atoms with van der Waals surface area (Å²) in [6, 6.07) is 16.1. The summed E-state index contributed by atoms with van der Waals surface area (Å²) in [4.78, 5) is 2.58. The number of rotatable bonds is 3. The van der Waals surface area contributed by atoms with E-state index < -0.39 is 18.7 Å². The van der Waals surface area contributed by atoms with Crippen LogP contribution >= 0.6 is 77.4 Å². The predicted molar refractivity (Wildman–Crippen MR) is 125 cm³/mol. The molecular formula is C18H9Cl6F6PS. The second-order valence-electron chi connectivity index (χ2n) is 5.99. The van der Waals surface area contributed by atoms with Crippen LogP contribution in [0.5, 0.6) is 0 Å². The molecular weight excluding hydrogens is 606 g/mol. The topological polar surface area (TPSA) is 0 Å². The number of benzene rings is 3. The maximum absolute atomic E-state index is 10.7. The van der Waals surface area contributed by atoms with Gasteiger partial charge in [-0.1, -0.05) is 69.6 Å². The molecule has 0 radical (unpaired) electrons. The van der Waals surface area contributed by atoms with Gasteiger partial charge in [-0.2, -0.15) is 0 Å². The van der Waals surface area contributed by atoms with E-state index >= 15 is 0 Å². The van der Waals surface area contributed by atoms with Crippen molar-refractivity contribution >= 4 is 88.3 Å². The number of halogens is 12. The molecule has 0 bridgehead atoms. The summed E-state index contributed by atoms with van der Waals surface area (Å²) < 4.78 is 59.2. The predicted octanol–water partition coefficient (Wildman–Crippen LogP) is 12.1. The first-order valence-electron chi connectivity index (χ1n) is 7.97. The molecule has 0 fully saturated rings. The third kappa shape index (κ3) is 9.55. The van der Waals surface area contributed by atoms with Crippen LogP contribution in [-0.4, -0.2) is 0 Å². The van der Waals surface area contributed by atoms with Crippen molar-refractivity contribution in [3.63, 3.8) is 0 Å². The summed E-state index contributed by atoms with van der Waals surface area (Å²) in [6.45, 7) is 0. The molecule has 14 heteroatoms. The molecule has 0 aliphatic heterocycles. The summed E-state index contributed by atoms with van der Waals surface area (Å²) in [6.07, 6.45) is 0. The Labute approximate surface area is 211 Å². The number of hydrogen-bond donors (Lipinski definition) is 0. The SMILES string of the molecule is Clc1ccc([S+](c2ccc(Cl)cc2Cl)c2ccc(Cl)cc2Cl)c(Cl)c1.F[P-](F)(F)(F)(F)F. The molecule has 3 rings (SSSR count). The molecule has 0 heterocycles. The minimum absolute atomic E-state index is 0.535. The Kier molecular flexibility index (Phi) is 8.25. The van der Waals surface area contributed by atoms with E-state index in [1.807, 2.05) is 18.2 Å². The zero-order valence-corrected chi connectivity index (χ0v) is 21.3. The molecule has 0 aliphatic carbocycles. The van der Waals surface area contributed by atoms with Crippen molar-refractivity contribution in [3.05, 3.63) is 84.7 Å². The molecule has 0 N–H and O–H groups in total. The second kappa shape index (κ2) is 9.43. The van der Waals surface area contributed by atoms with Crippen LogP contribution in [0.4, 0.5) is 25.2 Å². The van der Waals surface area contributed by atoms with Gasteiger partial charge in [-0.25, -0.2) is 0 Å². The molecule has 176 valence electrons. The third-order valence-corrected chi connectivity index (χ3v) is 7.71. The van der Waals surface area contributed by atoms with E-state index in [9.17, 15) is 25.2 Å². The molecule has 0 nitrogen and oxygen atoms in total. The molecule has 0 saturated carbocycles. The Morgan fingerprint density at radius 3 is 0.875 bits per heavy atom. The molecule has 32 heavy (non-hydrogen) atoms. The third-order valence-electron chi connectivity index (χ3n) is 3.34. The van der Waals surface area contributed by atoms with E-state index in [0.29, 0.717) is 30.1 Å². The van der Waals surface area contributed by atoms with E-state index in [1.54, 1.807) is 36.4 Å². The van der Waals surface area contributed by atoms with Gasteiger partial charge < -0.3 is 0 Å². The van der Waals surface area contributed by atoms with Crippen LogP contribution in [0.25, 0.3) is 0 Å². The van der Waals surface area contributed by atoms with Gasteiger partial charge in [-0.15, -0.1) is 0 Å². The fourth-order valence-corrected chi connectivity index (χ4v) is 6.28. The molecule has 0 saturated heterocycles. The van der Waals surface area contributed by atoms with Crippen molar-refractivity contribution in [1.82, 2.24) is 0 Å². The quantitative estimate of drug-likeness (QED) is 0.156. The average Bonchev–Trinajstić information content (AvgIpc) is 2.57. The zero-order chi connectivity index (χ0) is 24.5. The Morgan fingerprint density at radius 2 is 0.688 bits per heavy atom. The maximum atomic E-state index is 9.87. The van der Waals surface area contributed by atoms with Crippen molar-refractivity contribution in [2.75, 3.05) is 0 Å². The van der Waals surface area contributed by atoms with Crippen molar-refractivity contribution in [2.24, 2.45) is 0 Å². The van der Waals surface area contributed by atoms with Crippen molar-refractivity contribution < 1.29 is 25.2 Å². The van der Waals surface area contributed by atoms with Gasteiger partial charge in [0.2, 0.25) is 0 Å². The van der Waals surface area contributed by atoms with Crippen LogP contribution in [0, 0.1) is 0 Å². The molecule has 0 aliphatic rings. The van der Waals surface area contributed by atoms with Crippen LogP contribution < -0.4 is 0 Å². The van der Waals surface area contributed by atoms with Gasteiger partial charge in [-0.05, 0) is 54.6 Å². The van der Waals surface area contributed by atoms with Gasteiger partial charge in [-0.3, -0.25) is 0 Å². The van der Waals surface area contributed by atoms with E-state index in [1.165, 1.54) is 0 Å². The molecule has 0 atom stereocenters. The van der Waals surface area contributed by atoms with Gasteiger partial charge in [0.15, 0.2) is 14.7 Å². The van der Waals surface area contributed by atoms with Crippen LogP contribution in [-0.2, 0) is 10.9 Å². The van der Waals surface area contributed by atoms with E-state index in [-0.39, 0.29) is 0 Å². The molecule has 0 amide bonds. The summed E-state index contributed by atoms with van der Waals surface area (Å²) in [5, 5.41) is 3.28. The first-order valence-corrected chi connectivity index (χ1v) is 13.5. The summed E-state index contributed by atoms with van der Waals surface area (Å²) in [5.74, 6) is 0. The first kappa shape index (κ1) is 28.0. The second-order valence-corrected chi connectivity index (χ2v) is 12.4. The van der Waals surface area contributed by atoms with E-state index in [0.717, 1.165) is 14.7 Å². The standard InChI is InChI=1S/C18H9Cl6S.F6P/c19-10-1-4-16(13(22)7-10)25(17-5-2-11(20)8-14(17)23)18-6-3-12(21)9-15(18)24;1-7(2,3,4,5)6/h1-9H;/q+1;-1. The Morgan fingerprint density at radius 1 is 0.469 bits per heavy atom. The fraction of sp³-hybridized carbons (Fsp3) is 0. The Balaban J connectivity index is 0.000000451. The first-order chi connectivity index (χ1) is 14.3. The Bertz CT molecular complexity index is 1020. The van der Waals surface area contributed by atoms with E-state index in [4.69, 9.17) is 69.6 Å². The zero-order valence-electron chi connectivity index (χ0n) is 15.1. The van der Waals surface area contributed by atoms with Gasteiger partial charge in [0.25, 0.3) is 0 Å². The summed E-state index contributed by atoms with van der Waals surface area (Å²) >= 11 is 37.6. The molecule has 0 spiro atoms. The fourth-order valence-electron chi connectivity index (χ4n) is 2.28. The van der Waals surface area contributed by atoms with Crippen LogP contribution in [0.15, 0.2) is 69.3 Å². The van der Waals surface area contributed by atoms with Crippen LogP contribution in [0.3, 0.4) is 0 Å². The van der Waals surface area contributed by atoms with Crippen molar-refractivity contribution in [1.29, 1.82) is 0 Å². The summed E-state index contributed by atoms with van der Waals surface area (Å²) in [7, 11) is -11.3. The monoisotopic (exact) mass is 612 g/mol. The van der Waals surface area contributed by atoms with Gasteiger partial charge in [0, 0.05) is 15.1 Å². The van der Waals surface area contributed by atoms with Crippen LogP contribution in [0.2, 0.25) is 30.1 Å². The molecule has 0 unspecified atom stereocenters. The van der Waals surface area contributed by atoms with Crippen molar-refractivity contribution in [2.45, 2.75) is 14.7 Å². The van der Waals surface area contributed by atoms with Gasteiger partial charge >= 0.3 is 33.0 Å². The molecule has 3 aromatic carbocycles.